The van der Waals surface area contributed by atoms with Crippen LogP contribution in [0.15, 0.2) is 6.07 Å². The van der Waals surface area contributed by atoms with Crippen LogP contribution in [-0.4, -0.2) is 13.2 Å². The van der Waals surface area contributed by atoms with Crippen molar-refractivity contribution in [1.29, 1.82) is 0 Å². The summed E-state index contributed by atoms with van der Waals surface area (Å²) in [6, 6.07) is 2.50. The molecule has 1 aromatic carbocycles. The Balaban J connectivity index is 2.97. The molecule has 0 aliphatic carbocycles. The van der Waals surface area contributed by atoms with Crippen LogP contribution < -0.4 is 10.5 Å². The van der Waals surface area contributed by atoms with Gasteiger partial charge in [0.2, 0.25) is 0 Å². The first-order chi connectivity index (χ1) is 8.92. The minimum atomic E-state index is 0.336. The van der Waals surface area contributed by atoms with Crippen LogP contribution in [0.5, 0.6) is 5.75 Å². The molecule has 0 fully saturated rings. The zero-order valence-corrected chi connectivity index (χ0v) is 13.3. The standard InChI is InChI=1S/C17H29NO/c1-7-15(18)9-8-11(2)17-12(3)10-16(19-6)13(4)14(17)5/h10-11,15H,7-9,18H2,1-6H3. The Hall–Kier alpha value is -1.02. The Morgan fingerprint density at radius 2 is 1.79 bits per heavy atom. The van der Waals surface area contributed by atoms with E-state index in [2.05, 4.69) is 40.7 Å². The van der Waals surface area contributed by atoms with Gasteiger partial charge in [0.15, 0.2) is 0 Å². The van der Waals surface area contributed by atoms with Gasteiger partial charge in [0.05, 0.1) is 7.11 Å². The van der Waals surface area contributed by atoms with E-state index in [1.54, 1.807) is 7.11 Å². The maximum Gasteiger partial charge on any atom is 0.122 e. The van der Waals surface area contributed by atoms with Crippen LogP contribution in [0.4, 0.5) is 0 Å². The van der Waals surface area contributed by atoms with E-state index in [-0.39, 0.29) is 0 Å². The number of benzene rings is 1. The van der Waals surface area contributed by atoms with Crippen molar-refractivity contribution in [3.8, 4) is 5.75 Å². The van der Waals surface area contributed by atoms with Gasteiger partial charge in [0.25, 0.3) is 0 Å². The molecule has 2 N–H and O–H groups in total. The van der Waals surface area contributed by atoms with Crippen molar-refractivity contribution >= 4 is 0 Å². The second-order valence-electron chi connectivity index (χ2n) is 5.71. The van der Waals surface area contributed by atoms with Gasteiger partial charge in [-0.05, 0) is 74.3 Å². The molecule has 0 aromatic heterocycles. The van der Waals surface area contributed by atoms with Crippen molar-refractivity contribution < 1.29 is 4.74 Å². The third kappa shape index (κ3) is 3.73. The number of hydrogen-bond donors (Lipinski definition) is 1. The lowest BCUT2D eigenvalue weighted by molar-refractivity contribution is 0.410. The van der Waals surface area contributed by atoms with Gasteiger partial charge in [-0.3, -0.25) is 0 Å². The third-order valence-electron chi connectivity index (χ3n) is 4.32. The van der Waals surface area contributed by atoms with Crippen molar-refractivity contribution in [2.75, 3.05) is 7.11 Å². The Morgan fingerprint density at radius 1 is 1.16 bits per heavy atom. The molecule has 0 radical (unpaired) electrons. The van der Waals surface area contributed by atoms with E-state index in [0.29, 0.717) is 12.0 Å². The molecule has 2 atom stereocenters. The van der Waals surface area contributed by atoms with Gasteiger partial charge in [-0.2, -0.15) is 0 Å². The lowest BCUT2D eigenvalue weighted by Gasteiger charge is -2.22. The first-order valence-electron chi connectivity index (χ1n) is 7.32. The molecular weight excluding hydrogens is 234 g/mol. The molecule has 0 aliphatic rings. The van der Waals surface area contributed by atoms with E-state index in [4.69, 9.17) is 10.5 Å². The molecule has 2 unspecified atom stereocenters. The molecule has 108 valence electrons. The summed E-state index contributed by atoms with van der Waals surface area (Å²) in [4.78, 5) is 0. The van der Waals surface area contributed by atoms with Crippen LogP contribution in [0.2, 0.25) is 0 Å². The number of aryl methyl sites for hydroxylation is 1. The molecule has 0 spiro atoms. The molecule has 0 heterocycles. The molecule has 0 bridgehead atoms. The first kappa shape index (κ1) is 16.0. The molecule has 0 amide bonds. The minimum Gasteiger partial charge on any atom is -0.496 e. The van der Waals surface area contributed by atoms with Gasteiger partial charge >= 0.3 is 0 Å². The Morgan fingerprint density at radius 3 is 2.32 bits per heavy atom. The summed E-state index contributed by atoms with van der Waals surface area (Å²) in [6.07, 6.45) is 3.32. The van der Waals surface area contributed by atoms with Crippen molar-refractivity contribution in [2.24, 2.45) is 5.73 Å². The van der Waals surface area contributed by atoms with E-state index in [0.717, 1.165) is 25.0 Å². The lowest BCUT2D eigenvalue weighted by atomic mass is 9.85. The van der Waals surface area contributed by atoms with Crippen LogP contribution in [0, 0.1) is 20.8 Å². The summed E-state index contributed by atoms with van der Waals surface area (Å²) < 4.78 is 5.44. The summed E-state index contributed by atoms with van der Waals surface area (Å²) in [6.45, 7) is 11.0. The molecule has 1 aromatic rings. The van der Waals surface area contributed by atoms with Crippen molar-refractivity contribution in [1.82, 2.24) is 0 Å². The highest BCUT2D eigenvalue weighted by Crippen LogP contribution is 2.34. The van der Waals surface area contributed by atoms with Crippen LogP contribution in [-0.2, 0) is 0 Å². The van der Waals surface area contributed by atoms with E-state index in [1.165, 1.54) is 22.3 Å². The molecule has 1 rings (SSSR count). The van der Waals surface area contributed by atoms with E-state index < -0.39 is 0 Å². The Kier molecular flexibility index (Phi) is 5.86. The second kappa shape index (κ2) is 6.95. The topological polar surface area (TPSA) is 35.2 Å². The monoisotopic (exact) mass is 263 g/mol. The summed E-state index contributed by atoms with van der Waals surface area (Å²) in [5.74, 6) is 1.55. The second-order valence-corrected chi connectivity index (χ2v) is 5.71. The maximum atomic E-state index is 6.03. The summed E-state index contributed by atoms with van der Waals surface area (Å²) in [5, 5.41) is 0. The summed E-state index contributed by atoms with van der Waals surface area (Å²) >= 11 is 0. The van der Waals surface area contributed by atoms with Crippen molar-refractivity contribution in [3.05, 3.63) is 28.3 Å². The Bertz CT molecular complexity index is 426. The van der Waals surface area contributed by atoms with Crippen LogP contribution in [0.1, 0.15) is 61.3 Å². The van der Waals surface area contributed by atoms with Crippen molar-refractivity contribution in [3.63, 3.8) is 0 Å². The molecule has 2 nitrogen and oxygen atoms in total. The van der Waals surface area contributed by atoms with Gasteiger partial charge in [-0.25, -0.2) is 0 Å². The van der Waals surface area contributed by atoms with Gasteiger partial charge < -0.3 is 10.5 Å². The molecule has 0 aliphatic heterocycles. The average Bonchev–Trinajstić information content (AvgIpc) is 2.40. The highest BCUT2D eigenvalue weighted by Gasteiger charge is 2.16. The van der Waals surface area contributed by atoms with Gasteiger partial charge in [-0.1, -0.05) is 13.8 Å². The Labute approximate surface area is 118 Å². The smallest absolute Gasteiger partial charge is 0.122 e. The highest BCUT2D eigenvalue weighted by molar-refractivity contribution is 5.49. The minimum absolute atomic E-state index is 0.336. The molecular formula is C17H29NO. The zero-order valence-electron chi connectivity index (χ0n) is 13.3. The number of hydrogen-bond acceptors (Lipinski definition) is 2. The molecule has 2 heteroatoms. The quantitative estimate of drug-likeness (QED) is 0.833. The van der Waals surface area contributed by atoms with Crippen LogP contribution >= 0.6 is 0 Å². The SMILES string of the molecule is CCC(N)CCC(C)c1c(C)cc(OC)c(C)c1C. The fourth-order valence-corrected chi connectivity index (χ4v) is 2.85. The first-order valence-corrected chi connectivity index (χ1v) is 7.32. The zero-order chi connectivity index (χ0) is 14.6. The normalized spacial score (nSPS) is 14.3. The molecule has 0 saturated carbocycles. The maximum absolute atomic E-state index is 6.03. The molecule has 19 heavy (non-hydrogen) atoms. The third-order valence-corrected chi connectivity index (χ3v) is 4.32. The largest absolute Gasteiger partial charge is 0.496 e. The molecule has 0 saturated heterocycles. The number of ether oxygens (including phenoxy) is 1. The van der Waals surface area contributed by atoms with E-state index >= 15 is 0 Å². The van der Waals surface area contributed by atoms with E-state index in [1.807, 2.05) is 0 Å². The van der Waals surface area contributed by atoms with Crippen LogP contribution in [0.25, 0.3) is 0 Å². The fraction of sp³-hybridized carbons (Fsp3) is 0.647. The van der Waals surface area contributed by atoms with Gasteiger partial charge in [0, 0.05) is 6.04 Å². The van der Waals surface area contributed by atoms with E-state index in [9.17, 15) is 0 Å². The van der Waals surface area contributed by atoms with Crippen LogP contribution in [0.3, 0.4) is 0 Å². The van der Waals surface area contributed by atoms with Crippen molar-refractivity contribution in [2.45, 2.75) is 65.8 Å². The lowest BCUT2D eigenvalue weighted by Crippen LogP contribution is -2.19. The summed E-state index contributed by atoms with van der Waals surface area (Å²) in [5.41, 5.74) is 11.5. The highest BCUT2D eigenvalue weighted by atomic mass is 16.5. The average molecular weight is 263 g/mol. The summed E-state index contributed by atoms with van der Waals surface area (Å²) in [7, 11) is 1.74. The predicted molar refractivity (Wildman–Crippen MR) is 83.1 cm³/mol. The number of nitrogens with two attached hydrogens (primary N) is 1. The predicted octanol–water partition coefficient (Wildman–Crippen LogP) is 4.24. The number of rotatable bonds is 6. The fourth-order valence-electron chi connectivity index (χ4n) is 2.85. The van der Waals surface area contributed by atoms with Gasteiger partial charge in [0.1, 0.15) is 5.75 Å². The van der Waals surface area contributed by atoms with Gasteiger partial charge in [-0.15, -0.1) is 0 Å². The number of methoxy groups -OCH3 is 1.